The number of anilines is 1. The van der Waals surface area contributed by atoms with Gasteiger partial charge < -0.3 is 14.6 Å². The van der Waals surface area contributed by atoms with Crippen LogP contribution in [0.3, 0.4) is 0 Å². The molecule has 152 valence electrons. The minimum absolute atomic E-state index is 0.349. The standard InChI is InChI=1S/C24H23N3O3/c1-3-22(30-24(29)16-11-13-25-14-12-16)23(28)26-17-9-10-21-19(15-17)18-7-5-6-8-20(18)27(21)4-2/h5-15,22H,3-4H2,1-2H3,(H,26,28). The number of hydrogen-bond acceptors (Lipinski definition) is 4. The zero-order valence-electron chi connectivity index (χ0n) is 17.0. The zero-order chi connectivity index (χ0) is 21.1. The lowest BCUT2D eigenvalue weighted by Crippen LogP contribution is -2.32. The largest absolute Gasteiger partial charge is 0.449 e. The number of benzene rings is 2. The summed E-state index contributed by atoms with van der Waals surface area (Å²) in [5.74, 6) is -0.889. The molecule has 0 saturated carbocycles. The number of para-hydroxylation sites is 1. The van der Waals surface area contributed by atoms with Crippen molar-refractivity contribution in [2.75, 3.05) is 5.32 Å². The second-order valence-corrected chi connectivity index (χ2v) is 7.02. The third-order valence-electron chi connectivity index (χ3n) is 5.18. The van der Waals surface area contributed by atoms with E-state index in [1.807, 2.05) is 37.3 Å². The first-order valence-corrected chi connectivity index (χ1v) is 10.0. The van der Waals surface area contributed by atoms with E-state index in [0.29, 0.717) is 17.7 Å². The molecule has 0 aliphatic heterocycles. The number of aromatic nitrogens is 2. The van der Waals surface area contributed by atoms with E-state index in [1.165, 1.54) is 12.4 Å². The van der Waals surface area contributed by atoms with Crippen LogP contribution in [0.4, 0.5) is 5.69 Å². The van der Waals surface area contributed by atoms with Crippen molar-refractivity contribution in [3.63, 3.8) is 0 Å². The average Bonchev–Trinajstić information content (AvgIpc) is 3.10. The van der Waals surface area contributed by atoms with Crippen LogP contribution >= 0.6 is 0 Å². The fraction of sp³-hybridized carbons (Fsp3) is 0.208. The predicted molar refractivity (Wildman–Crippen MR) is 117 cm³/mol. The van der Waals surface area contributed by atoms with Gasteiger partial charge in [-0.15, -0.1) is 0 Å². The van der Waals surface area contributed by atoms with Gasteiger partial charge in [0.15, 0.2) is 6.10 Å². The fourth-order valence-corrected chi connectivity index (χ4v) is 3.70. The molecule has 1 amide bonds. The molecular weight excluding hydrogens is 378 g/mol. The molecule has 0 radical (unpaired) electrons. The summed E-state index contributed by atoms with van der Waals surface area (Å²) >= 11 is 0. The second kappa shape index (κ2) is 8.37. The minimum Gasteiger partial charge on any atom is -0.449 e. The highest BCUT2D eigenvalue weighted by molar-refractivity contribution is 6.10. The molecule has 2 aromatic carbocycles. The summed E-state index contributed by atoms with van der Waals surface area (Å²) in [6.07, 6.45) is 2.53. The van der Waals surface area contributed by atoms with Gasteiger partial charge in [0.25, 0.3) is 5.91 Å². The van der Waals surface area contributed by atoms with Crippen LogP contribution in [0, 0.1) is 0 Å². The highest BCUT2D eigenvalue weighted by atomic mass is 16.5. The monoisotopic (exact) mass is 401 g/mol. The van der Waals surface area contributed by atoms with Crippen LogP contribution in [0.15, 0.2) is 67.0 Å². The van der Waals surface area contributed by atoms with Gasteiger partial charge in [-0.2, -0.15) is 0 Å². The van der Waals surface area contributed by atoms with Crippen LogP contribution < -0.4 is 5.32 Å². The number of carbonyl (C=O) groups excluding carboxylic acids is 2. The lowest BCUT2D eigenvalue weighted by molar-refractivity contribution is -0.124. The number of carbonyl (C=O) groups is 2. The first-order valence-electron chi connectivity index (χ1n) is 10.0. The molecule has 2 aromatic heterocycles. The molecule has 0 spiro atoms. The number of ether oxygens (including phenoxy) is 1. The number of amides is 1. The smallest absolute Gasteiger partial charge is 0.339 e. The molecule has 0 aliphatic rings. The Morgan fingerprint density at radius 1 is 1.00 bits per heavy atom. The van der Waals surface area contributed by atoms with Crippen LogP contribution in [0.2, 0.25) is 0 Å². The number of nitrogens with one attached hydrogen (secondary N) is 1. The molecule has 1 unspecified atom stereocenters. The quantitative estimate of drug-likeness (QED) is 0.472. The summed E-state index contributed by atoms with van der Waals surface area (Å²) in [7, 11) is 0. The van der Waals surface area contributed by atoms with E-state index >= 15 is 0 Å². The van der Waals surface area contributed by atoms with Gasteiger partial charge in [0, 0.05) is 46.4 Å². The zero-order valence-corrected chi connectivity index (χ0v) is 17.0. The van der Waals surface area contributed by atoms with E-state index in [2.05, 4.69) is 33.9 Å². The summed E-state index contributed by atoms with van der Waals surface area (Å²) in [5, 5.41) is 5.11. The lowest BCUT2D eigenvalue weighted by Gasteiger charge is -2.16. The highest BCUT2D eigenvalue weighted by Crippen LogP contribution is 2.31. The van der Waals surface area contributed by atoms with E-state index in [9.17, 15) is 9.59 Å². The fourth-order valence-electron chi connectivity index (χ4n) is 3.70. The van der Waals surface area contributed by atoms with Crippen LogP contribution in [-0.4, -0.2) is 27.5 Å². The Kier molecular flexibility index (Phi) is 5.48. The predicted octanol–water partition coefficient (Wildman–Crippen LogP) is 4.78. The van der Waals surface area contributed by atoms with Crippen molar-refractivity contribution >= 4 is 39.4 Å². The van der Waals surface area contributed by atoms with Crippen LogP contribution in [0.5, 0.6) is 0 Å². The van der Waals surface area contributed by atoms with Crippen molar-refractivity contribution in [1.82, 2.24) is 9.55 Å². The Morgan fingerprint density at radius 3 is 2.47 bits per heavy atom. The summed E-state index contributed by atoms with van der Waals surface area (Å²) in [6.45, 7) is 4.78. The Labute approximate surface area is 174 Å². The molecule has 0 aliphatic carbocycles. The van der Waals surface area contributed by atoms with Gasteiger partial charge in [0.1, 0.15) is 0 Å². The Bertz CT molecular complexity index is 1210. The molecule has 0 saturated heterocycles. The Hall–Kier alpha value is -3.67. The SMILES string of the molecule is CCC(OC(=O)c1ccncc1)C(=O)Nc1ccc2c(c1)c1ccccc1n2CC. The number of pyridine rings is 1. The van der Waals surface area contributed by atoms with Gasteiger partial charge in [-0.1, -0.05) is 25.1 Å². The maximum absolute atomic E-state index is 12.8. The highest BCUT2D eigenvalue weighted by Gasteiger charge is 2.22. The van der Waals surface area contributed by atoms with Gasteiger partial charge in [0.2, 0.25) is 0 Å². The molecule has 1 N–H and O–H groups in total. The van der Waals surface area contributed by atoms with E-state index < -0.39 is 12.1 Å². The first kappa shape index (κ1) is 19.6. The van der Waals surface area contributed by atoms with Crippen LogP contribution in [-0.2, 0) is 16.1 Å². The number of esters is 1. The minimum atomic E-state index is -0.877. The summed E-state index contributed by atoms with van der Waals surface area (Å²) < 4.78 is 7.67. The second-order valence-electron chi connectivity index (χ2n) is 7.02. The van der Waals surface area contributed by atoms with Crippen molar-refractivity contribution in [3.8, 4) is 0 Å². The normalized spacial score (nSPS) is 12.1. The number of aryl methyl sites for hydroxylation is 1. The topological polar surface area (TPSA) is 73.2 Å². The summed E-state index contributed by atoms with van der Waals surface area (Å²) in [6, 6.07) is 17.2. The van der Waals surface area contributed by atoms with Gasteiger partial charge in [-0.25, -0.2) is 4.79 Å². The van der Waals surface area contributed by atoms with E-state index in [4.69, 9.17) is 4.74 Å². The van der Waals surface area contributed by atoms with Gasteiger partial charge >= 0.3 is 5.97 Å². The van der Waals surface area contributed by atoms with Gasteiger partial charge in [-0.3, -0.25) is 9.78 Å². The third kappa shape index (κ3) is 3.64. The molecule has 6 heteroatoms. The maximum atomic E-state index is 12.8. The van der Waals surface area contributed by atoms with Gasteiger partial charge in [-0.05, 0) is 49.7 Å². The first-order chi connectivity index (χ1) is 14.6. The molecular formula is C24H23N3O3. The number of nitrogens with zero attached hydrogens (tertiary/aromatic N) is 2. The molecule has 4 rings (SSSR count). The molecule has 6 nitrogen and oxygen atoms in total. The molecule has 30 heavy (non-hydrogen) atoms. The van der Waals surface area contributed by atoms with Crippen molar-refractivity contribution in [2.45, 2.75) is 32.9 Å². The third-order valence-corrected chi connectivity index (χ3v) is 5.18. The number of rotatable bonds is 6. The van der Waals surface area contributed by atoms with Gasteiger partial charge in [0.05, 0.1) is 5.56 Å². The number of hydrogen-bond donors (Lipinski definition) is 1. The number of fused-ring (bicyclic) bond motifs is 3. The van der Waals surface area contributed by atoms with Crippen molar-refractivity contribution in [1.29, 1.82) is 0 Å². The molecule has 1 atom stereocenters. The van der Waals surface area contributed by atoms with Crippen LogP contribution in [0.25, 0.3) is 21.8 Å². The average molecular weight is 401 g/mol. The molecule has 0 bridgehead atoms. The summed E-state index contributed by atoms with van der Waals surface area (Å²) in [4.78, 5) is 28.9. The Morgan fingerprint density at radius 2 is 1.73 bits per heavy atom. The van der Waals surface area contributed by atoms with Crippen LogP contribution in [0.1, 0.15) is 30.6 Å². The van der Waals surface area contributed by atoms with E-state index in [0.717, 1.165) is 28.4 Å². The molecule has 2 heterocycles. The summed E-state index contributed by atoms with van der Waals surface area (Å²) in [5.41, 5.74) is 3.32. The van der Waals surface area contributed by atoms with E-state index in [-0.39, 0.29) is 5.91 Å². The Balaban J connectivity index is 1.57. The molecule has 4 aromatic rings. The molecule has 0 fully saturated rings. The maximum Gasteiger partial charge on any atom is 0.339 e. The van der Waals surface area contributed by atoms with Crippen molar-refractivity contribution in [2.24, 2.45) is 0 Å². The van der Waals surface area contributed by atoms with E-state index in [1.54, 1.807) is 12.1 Å². The lowest BCUT2D eigenvalue weighted by atomic mass is 10.1. The van der Waals surface area contributed by atoms with Crippen molar-refractivity contribution in [3.05, 3.63) is 72.6 Å². The van der Waals surface area contributed by atoms with Crippen molar-refractivity contribution < 1.29 is 14.3 Å².